The van der Waals surface area contributed by atoms with Gasteiger partial charge in [-0.15, -0.1) is 0 Å². The van der Waals surface area contributed by atoms with E-state index in [1.807, 2.05) is 12.1 Å². The fourth-order valence-electron chi connectivity index (χ4n) is 3.16. The molecule has 1 saturated carbocycles. The first-order valence-electron chi connectivity index (χ1n) is 5.77. The summed E-state index contributed by atoms with van der Waals surface area (Å²) in [4.78, 5) is 0. The molecule has 1 atom stereocenters. The number of rotatable bonds is 1. The molecule has 0 aromatic heterocycles. The van der Waals surface area contributed by atoms with Crippen LogP contribution in [0.5, 0.6) is 0 Å². The van der Waals surface area contributed by atoms with Crippen LogP contribution in [-0.4, -0.2) is 13.1 Å². The topological polar surface area (TPSA) is 12.0 Å². The third kappa shape index (κ3) is 1.41. The number of halogens is 1. The highest BCUT2D eigenvalue weighted by atomic mass is 35.5. The summed E-state index contributed by atoms with van der Waals surface area (Å²) in [5.41, 5.74) is 1.88. The van der Waals surface area contributed by atoms with E-state index >= 15 is 0 Å². The molecule has 1 aliphatic heterocycles. The summed E-state index contributed by atoms with van der Waals surface area (Å²) in [6.07, 6.45) is 4.13. The quantitative estimate of drug-likeness (QED) is 0.768. The van der Waals surface area contributed by atoms with Crippen molar-refractivity contribution in [1.29, 1.82) is 0 Å². The monoisotopic (exact) mass is 221 g/mol. The third-order valence-corrected chi connectivity index (χ3v) is 4.54. The van der Waals surface area contributed by atoms with Gasteiger partial charge in [-0.2, -0.15) is 0 Å². The van der Waals surface area contributed by atoms with Gasteiger partial charge >= 0.3 is 0 Å². The van der Waals surface area contributed by atoms with E-state index in [1.54, 1.807) is 0 Å². The molecule has 0 radical (unpaired) electrons. The molecule has 1 aromatic carbocycles. The predicted octanol–water partition coefficient (Wildman–Crippen LogP) is 3.20. The van der Waals surface area contributed by atoms with Gasteiger partial charge in [-0.25, -0.2) is 0 Å². The average molecular weight is 222 g/mol. The summed E-state index contributed by atoms with van der Waals surface area (Å²) in [7, 11) is 0. The van der Waals surface area contributed by atoms with Crippen LogP contribution in [0.3, 0.4) is 0 Å². The van der Waals surface area contributed by atoms with Crippen LogP contribution in [0.25, 0.3) is 0 Å². The molecule has 1 N–H and O–H groups in total. The van der Waals surface area contributed by atoms with Gasteiger partial charge in [-0.3, -0.25) is 0 Å². The fraction of sp³-hybridized carbons (Fsp3) is 0.538. The number of hydrogen-bond acceptors (Lipinski definition) is 1. The second-order valence-corrected chi connectivity index (χ2v) is 5.33. The van der Waals surface area contributed by atoms with Gasteiger partial charge in [-0.1, -0.05) is 36.2 Å². The van der Waals surface area contributed by atoms with Crippen molar-refractivity contribution in [2.24, 2.45) is 5.41 Å². The number of nitrogens with one attached hydrogen (secondary N) is 1. The summed E-state index contributed by atoms with van der Waals surface area (Å²) in [5.74, 6) is 0.639. The lowest BCUT2D eigenvalue weighted by Gasteiger charge is -2.43. The maximum Gasteiger partial charge on any atom is 0.0441 e. The van der Waals surface area contributed by atoms with E-state index in [0.717, 1.165) is 11.6 Å². The first kappa shape index (κ1) is 9.68. The van der Waals surface area contributed by atoms with Crippen LogP contribution in [0.2, 0.25) is 5.02 Å². The largest absolute Gasteiger partial charge is 0.316 e. The highest BCUT2D eigenvalue weighted by Gasteiger charge is 2.48. The molecule has 1 aliphatic carbocycles. The number of benzene rings is 1. The molecule has 2 aliphatic rings. The van der Waals surface area contributed by atoms with E-state index in [0.29, 0.717) is 11.3 Å². The van der Waals surface area contributed by atoms with Gasteiger partial charge in [0, 0.05) is 24.0 Å². The second kappa shape index (κ2) is 3.50. The van der Waals surface area contributed by atoms with E-state index < -0.39 is 0 Å². The van der Waals surface area contributed by atoms with Crippen molar-refractivity contribution in [3.8, 4) is 0 Å². The maximum absolute atomic E-state index is 6.28. The van der Waals surface area contributed by atoms with Gasteiger partial charge in [0.1, 0.15) is 0 Å². The van der Waals surface area contributed by atoms with E-state index in [4.69, 9.17) is 11.6 Å². The Morgan fingerprint density at radius 3 is 2.73 bits per heavy atom. The van der Waals surface area contributed by atoms with Crippen LogP contribution in [0.1, 0.15) is 30.7 Å². The summed E-state index contributed by atoms with van der Waals surface area (Å²) >= 11 is 6.28. The Morgan fingerprint density at radius 2 is 2.07 bits per heavy atom. The SMILES string of the molecule is Clc1ccccc1[C@H]1CNCC12CCC2. The fourth-order valence-corrected chi connectivity index (χ4v) is 3.43. The second-order valence-electron chi connectivity index (χ2n) is 4.92. The minimum Gasteiger partial charge on any atom is -0.316 e. The molecule has 1 aromatic rings. The summed E-state index contributed by atoms with van der Waals surface area (Å²) in [5, 5.41) is 4.47. The molecular formula is C13H16ClN. The Balaban J connectivity index is 1.96. The van der Waals surface area contributed by atoms with Crippen LogP contribution >= 0.6 is 11.6 Å². The smallest absolute Gasteiger partial charge is 0.0441 e. The van der Waals surface area contributed by atoms with Crippen molar-refractivity contribution in [2.45, 2.75) is 25.2 Å². The molecule has 1 nitrogen and oxygen atoms in total. The zero-order valence-corrected chi connectivity index (χ0v) is 9.56. The van der Waals surface area contributed by atoms with Crippen molar-refractivity contribution in [2.75, 3.05) is 13.1 Å². The molecule has 0 bridgehead atoms. The number of hydrogen-bond donors (Lipinski definition) is 1. The molecule has 80 valence electrons. The highest BCUT2D eigenvalue weighted by Crippen LogP contribution is 2.54. The minimum atomic E-state index is 0.533. The zero-order chi connectivity index (χ0) is 10.3. The Bertz CT molecular complexity index is 371. The van der Waals surface area contributed by atoms with Crippen LogP contribution < -0.4 is 5.32 Å². The van der Waals surface area contributed by atoms with Gasteiger partial charge in [0.15, 0.2) is 0 Å². The molecule has 0 amide bonds. The Morgan fingerprint density at radius 1 is 1.27 bits per heavy atom. The molecule has 2 fully saturated rings. The van der Waals surface area contributed by atoms with Crippen LogP contribution in [-0.2, 0) is 0 Å². The van der Waals surface area contributed by atoms with Gasteiger partial charge in [0.05, 0.1) is 0 Å². The van der Waals surface area contributed by atoms with Gasteiger partial charge in [-0.05, 0) is 29.9 Å². The Kier molecular flexibility index (Phi) is 2.26. The molecule has 15 heavy (non-hydrogen) atoms. The lowest BCUT2D eigenvalue weighted by molar-refractivity contribution is 0.137. The standard InChI is InChI=1S/C13H16ClN/c14-12-5-2-1-4-10(12)11-8-15-9-13(11)6-3-7-13/h1-2,4-5,11,15H,3,6-9H2/t11-/m1/s1. The molecule has 0 unspecified atom stereocenters. The van der Waals surface area contributed by atoms with Crippen LogP contribution in [0.15, 0.2) is 24.3 Å². The minimum absolute atomic E-state index is 0.533. The van der Waals surface area contributed by atoms with E-state index in [-0.39, 0.29) is 0 Å². The van der Waals surface area contributed by atoms with E-state index in [9.17, 15) is 0 Å². The van der Waals surface area contributed by atoms with Crippen molar-refractivity contribution in [3.63, 3.8) is 0 Å². The van der Waals surface area contributed by atoms with Crippen molar-refractivity contribution in [3.05, 3.63) is 34.9 Å². The molecule has 1 spiro atoms. The van der Waals surface area contributed by atoms with Crippen molar-refractivity contribution < 1.29 is 0 Å². The summed E-state index contributed by atoms with van der Waals surface area (Å²) < 4.78 is 0. The van der Waals surface area contributed by atoms with Crippen molar-refractivity contribution in [1.82, 2.24) is 5.32 Å². The lowest BCUT2D eigenvalue weighted by Crippen LogP contribution is -2.36. The van der Waals surface area contributed by atoms with Gasteiger partial charge in [0.2, 0.25) is 0 Å². The van der Waals surface area contributed by atoms with Crippen LogP contribution in [0.4, 0.5) is 0 Å². The highest BCUT2D eigenvalue weighted by molar-refractivity contribution is 6.31. The van der Waals surface area contributed by atoms with E-state index in [2.05, 4.69) is 17.4 Å². The summed E-state index contributed by atoms with van der Waals surface area (Å²) in [6, 6.07) is 8.33. The maximum atomic E-state index is 6.28. The van der Waals surface area contributed by atoms with E-state index in [1.165, 1.54) is 31.4 Å². The zero-order valence-electron chi connectivity index (χ0n) is 8.80. The molecular weight excluding hydrogens is 206 g/mol. The summed E-state index contributed by atoms with van der Waals surface area (Å²) in [6.45, 7) is 2.28. The normalized spacial score (nSPS) is 27.9. The third-order valence-electron chi connectivity index (χ3n) is 4.19. The van der Waals surface area contributed by atoms with Crippen molar-refractivity contribution >= 4 is 11.6 Å². The Hall–Kier alpha value is -0.530. The van der Waals surface area contributed by atoms with Gasteiger partial charge < -0.3 is 5.32 Å². The van der Waals surface area contributed by atoms with Gasteiger partial charge in [0.25, 0.3) is 0 Å². The first-order valence-corrected chi connectivity index (χ1v) is 6.15. The van der Waals surface area contributed by atoms with Crippen LogP contribution in [0, 0.1) is 5.41 Å². The molecule has 3 rings (SSSR count). The first-order chi connectivity index (χ1) is 7.32. The molecule has 2 heteroatoms. The molecule has 1 saturated heterocycles. The molecule has 1 heterocycles. The predicted molar refractivity (Wildman–Crippen MR) is 63.3 cm³/mol. The average Bonchev–Trinajstić information content (AvgIpc) is 2.62. The lowest BCUT2D eigenvalue weighted by atomic mass is 9.61. The Labute approximate surface area is 95.8 Å².